The van der Waals surface area contributed by atoms with E-state index in [2.05, 4.69) is 69.2 Å². The number of aliphatic carboxylic acids is 1. The second-order valence-corrected chi connectivity index (χ2v) is 28.7. The molecule has 1 aromatic heterocycles. The summed E-state index contributed by atoms with van der Waals surface area (Å²) < 4.78 is 36.7. The van der Waals surface area contributed by atoms with Crippen molar-refractivity contribution in [2.45, 2.75) is 268 Å². The van der Waals surface area contributed by atoms with Crippen molar-refractivity contribution in [1.82, 2.24) is 20.1 Å². The molecule has 0 aliphatic heterocycles. The van der Waals surface area contributed by atoms with E-state index in [9.17, 15) is 23.6 Å². The lowest BCUT2D eigenvalue weighted by molar-refractivity contribution is -0.137. The molecule has 23 heteroatoms. The number of anilines is 2. The molecule has 19 nitrogen and oxygen atoms in total. The van der Waals surface area contributed by atoms with Crippen molar-refractivity contribution in [3.63, 3.8) is 0 Å². The number of benzene rings is 5. The predicted molar refractivity (Wildman–Crippen MR) is 460 cm³/mol. The van der Waals surface area contributed by atoms with Gasteiger partial charge in [-0.05, 0) is 161 Å². The minimum absolute atomic E-state index is 0. The third-order valence-electron chi connectivity index (χ3n) is 17.7. The van der Waals surface area contributed by atoms with Crippen molar-refractivity contribution >= 4 is 88.2 Å². The van der Waals surface area contributed by atoms with E-state index in [1.807, 2.05) is 98.3 Å². The molecule has 0 radical (unpaired) electrons. The van der Waals surface area contributed by atoms with Crippen LogP contribution in [-0.4, -0.2) is 146 Å². The van der Waals surface area contributed by atoms with E-state index in [0.717, 1.165) is 89.4 Å². The van der Waals surface area contributed by atoms with Crippen molar-refractivity contribution in [3.05, 3.63) is 131 Å². The van der Waals surface area contributed by atoms with Gasteiger partial charge in [-0.3, -0.25) is 14.0 Å². The molecule has 620 valence electrons. The summed E-state index contributed by atoms with van der Waals surface area (Å²) in [4.78, 5) is 58.8. The number of aryl methyl sites for hydroxylation is 2. The van der Waals surface area contributed by atoms with Crippen LogP contribution in [0.15, 0.2) is 129 Å². The first-order chi connectivity index (χ1) is 53.0. The van der Waals surface area contributed by atoms with Crippen LogP contribution in [0.3, 0.4) is 0 Å². The summed E-state index contributed by atoms with van der Waals surface area (Å²) in [5, 5.41) is 27.7. The van der Waals surface area contributed by atoms with Gasteiger partial charge < -0.3 is 50.7 Å². The molecule has 6 aromatic rings. The SMILES string of the molecule is CCCCCCCCCCCCCCCCCCOc1ccc(CCC(=O)Nc2ccc(SC)c(C(=O)OC)c2)cc1.CCCCCCCCCCCCCCCCCCOc1ccc(CCC(=O)O)cc1.CCN=C=NCCCN(C)C.COC(=O)c1cc(N)ccc1SC.Cl.O.On1nnc2ccccc21.[2H]CF. The average molecular weight is 1590 g/mol. The van der Waals surface area contributed by atoms with Gasteiger partial charge in [0.1, 0.15) is 22.5 Å². The third-order valence-corrected chi connectivity index (χ3v) is 19.3. The largest absolute Gasteiger partial charge is 0.494 e. The number of carboxylic acids is 1. The maximum absolute atomic E-state index is 12.5. The molecule has 1 heterocycles. The second-order valence-electron chi connectivity index (χ2n) is 27.0. The lowest BCUT2D eigenvalue weighted by atomic mass is 10.0. The fourth-order valence-corrected chi connectivity index (χ4v) is 12.6. The number of aromatic nitrogens is 3. The monoisotopic (exact) mass is 1590 g/mol. The summed E-state index contributed by atoms with van der Waals surface area (Å²) in [7, 11) is 5.83. The first kappa shape index (κ1) is 103. The van der Waals surface area contributed by atoms with E-state index in [4.69, 9.17) is 31.6 Å². The van der Waals surface area contributed by atoms with Gasteiger partial charge in [0, 0.05) is 40.6 Å². The minimum Gasteiger partial charge on any atom is -0.494 e. The Hall–Kier alpha value is -7.20. The zero-order chi connectivity index (χ0) is 80.0. The number of fused-ring (bicyclic) bond motifs is 1. The highest BCUT2D eigenvalue weighted by molar-refractivity contribution is 7.99. The highest BCUT2D eigenvalue weighted by atomic mass is 35.5. The number of rotatable bonds is 52. The van der Waals surface area contributed by atoms with Crippen LogP contribution in [0.5, 0.6) is 11.5 Å². The van der Waals surface area contributed by atoms with Crippen LogP contribution < -0.4 is 20.5 Å². The van der Waals surface area contributed by atoms with Gasteiger partial charge in [-0.2, -0.15) is 0 Å². The predicted octanol–water partition coefficient (Wildman–Crippen LogP) is 22.5. The van der Waals surface area contributed by atoms with Gasteiger partial charge in [0.2, 0.25) is 5.91 Å². The highest BCUT2D eigenvalue weighted by Gasteiger charge is 2.15. The standard InChI is InChI=1S/C36H55NO4S.C27H46O3.C9H11NO2S.C8H17N3.C6H5N3O.CH3F.ClH.H2O/c1-4-5-6-7-8-9-10-11-12-13-14-15-16-17-18-19-28-41-32-24-20-30(21-25-32)22-27-35(38)37-31-23-26-34(42-3)33(29-31)36(39)40-2;1-2-3-4-5-6-7-8-9-10-11-12-13-14-15-16-17-24-30-26-21-18-25(19-22-26)20-23-27(28)29;1-12-9(11)7-5-6(10)3-4-8(7)13-2;1-4-9-8-10-6-5-7-11(2)3;10-9-6-4-2-1-3-5(6)7-8-9;1-2;;/h20-21,23-26,29H,4-19,22,27-28H2,1-3H3,(H,37,38);18-19,21-22H,2-17,20,23-24H2,1H3,(H,28,29);3-5H,10H2,1-2H3;4-7H2,1-3H3;1-4,10H;1H3;1H;1H2/i;;;;;1D;;. The number of halogens is 2. The van der Waals surface area contributed by atoms with Gasteiger partial charge >= 0.3 is 17.9 Å². The van der Waals surface area contributed by atoms with E-state index >= 15 is 0 Å². The van der Waals surface area contributed by atoms with Crippen molar-refractivity contribution in [3.8, 4) is 11.5 Å². The first-order valence-electron chi connectivity index (χ1n) is 40.6. The molecule has 110 heavy (non-hydrogen) atoms. The van der Waals surface area contributed by atoms with E-state index in [1.54, 1.807) is 30.3 Å². The number of hydrogen-bond donors (Lipinski definition) is 4. The molecule has 6 rings (SSSR count). The van der Waals surface area contributed by atoms with Gasteiger partial charge in [-0.15, -0.1) is 41.0 Å². The summed E-state index contributed by atoms with van der Waals surface area (Å²) in [5.41, 5.74) is 11.2. The summed E-state index contributed by atoms with van der Waals surface area (Å²) in [6.45, 7) is 10.8. The molecule has 0 aliphatic rings. The third kappa shape index (κ3) is 55.3. The number of methoxy groups -OCH3 is 2. The van der Waals surface area contributed by atoms with Crippen molar-refractivity contribution < 1.29 is 59.7 Å². The maximum Gasteiger partial charge on any atom is 0.339 e. The molecule has 5 aromatic carbocycles. The van der Waals surface area contributed by atoms with Crippen LogP contribution in [0.25, 0.3) is 11.0 Å². The summed E-state index contributed by atoms with van der Waals surface area (Å²) in [6, 6.07) is 36.2. The molecule has 0 fully saturated rings. The summed E-state index contributed by atoms with van der Waals surface area (Å²) in [5.74, 6) is 0.165. The summed E-state index contributed by atoms with van der Waals surface area (Å²) in [6.07, 6.45) is 50.6. The number of nitrogens with zero attached hydrogens (tertiary/aromatic N) is 6. The zero-order valence-electron chi connectivity index (χ0n) is 69.3. The number of nitrogens with one attached hydrogen (secondary N) is 1. The number of para-hydroxylation sites is 1. The lowest BCUT2D eigenvalue weighted by Crippen LogP contribution is -2.13. The van der Waals surface area contributed by atoms with Gasteiger partial charge in [-0.1, -0.05) is 248 Å². The number of ether oxygens (including phenoxy) is 4. The molecular formula is C87H140ClFN8O11S2. The van der Waals surface area contributed by atoms with Crippen LogP contribution in [0.2, 0.25) is 0 Å². The van der Waals surface area contributed by atoms with E-state index < -0.39 is 19.1 Å². The Morgan fingerprint density at radius 3 is 1.36 bits per heavy atom. The molecular weight excluding hydrogens is 1450 g/mol. The van der Waals surface area contributed by atoms with Gasteiger partial charge in [0.25, 0.3) is 0 Å². The fourth-order valence-electron chi connectivity index (χ4n) is 11.5. The van der Waals surface area contributed by atoms with Gasteiger partial charge in [-0.25, -0.2) is 19.6 Å². The Labute approximate surface area is 677 Å². The Morgan fingerprint density at radius 2 is 0.973 bits per heavy atom. The fraction of sp³-hybridized carbons (Fsp3) is 0.598. The quantitative estimate of drug-likeness (QED) is 0.00690. The van der Waals surface area contributed by atoms with Crippen LogP contribution in [0, 0.1) is 0 Å². The van der Waals surface area contributed by atoms with Crippen LogP contribution >= 0.6 is 35.9 Å². The number of carbonyl (C=O) groups is 4. The first-order valence-corrected chi connectivity index (χ1v) is 42.3. The number of alkyl halides is 1. The Balaban J connectivity index is 0. The molecule has 0 spiro atoms. The second kappa shape index (κ2) is 73.3. The Bertz CT molecular complexity index is 3320. The number of aliphatic imine (C=N–C) groups is 2. The average Bonchev–Trinajstić information content (AvgIpc) is 1.37. The number of amides is 1. The minimum atomic E-state index is -1.00. The number of unbranched alkanes of at least 4 members (excludes halogenated alkanes) is 30. The van der Waals surface area contributed by atoms with Gasteiger partial charge in [0.15, 0.2) is 0 Å². The van der Waals surface area contributed by atoms with Crippen molar-refractivity contribution in [2.75, 3.05) is 91.9 Å². The highest BCUT2D eigenvalue weighted by Crippen LogP contribution is 2.27. The van der Waals surface area contributed by atoms with Crippen molar-refractivity contribution in [2.24, 2.45) is 9.98 Å². The number of esters is 2. The van der Waals surface area contributed by atoms with E-state index in [0.29, 0.717) is 52.8 Å². The topological polar surface area (TPSA) is 274 Å². The molecule has 0 saturated carbocycles. The zero-order valence-corrected chi connectivity index (χ0v) is 70.8. The van der Waals surface area contributed by atoms with Crippen LogP contribution in [0.4, 0.5) is 15.8 Å². The molecule has 0 bridgehead atoms. The molecule has 0 unspecified atom stereocenters. The Morgan fingerprint density at radius 1 is 0.573 bits per heavy atom. The smallest absolute Gasteiger partial charge is 0.339 e. The molecule has 0 aliphatic carbocycles. The molecule has 7 N–H and O–H groups in total. The number of carbonyl (C=O) groups excluding carboxylic acids is 3. The van der Waals surface area contributed by atoms with E-state index in [1.165, 1.54) is 230 Å². The molecule has 0 atom stereocenters. The van der Waals surface area contributed by atoms with E-state index in [-0.39, 0.29) is 36.2 Å². The number of carboxylic acid groups (broad SMARTS) is 1. The van der Waals surface area contributed by atoms with Crippen LogP contribution in [0.1, 0.15) is 279 Å². The van der Waals surface area contributed by atoms with Gasteiger partial charge in [0.05, 0.1) is 59.6 Å². The lowest BCUT2D eigenvalue weighted by Gasteiger charge is -2.10. The van der Waals surface area contributed by atoms with Crippen LogP contribution in [-0.2, 0) is 31.9 Å². The molecule has 1 amide bonds. The number of nitrogen functional groups attached to an aromatic ring is 1. The number of thioether (sulfide) groups is 2. The number of nitrogens with two attached hydrogens (primary N) is 1. The number of hydrogen-bond acceptors (Lipinski definition) is 17. The molecule has 0 saturated heterocycles. The maximum atomic E-state index is 12.5. The normalized spacial score (nSPS) is 10.4. The summed E-state index contributed by atoms with van der Waals surface area (Å²) >= 11 is 2.96. The Kier molecular flexibility index (Phi) is 68.5. The van der Waals surface area contributed by atoms with Crippen molar-refractivity contribution in [1.29, 1.82) is 0 Å².